The van der Waals surface area contributed by atoms with Gasteiger partial charge >= 0.3 is 0 Å². The molecule has 2 aromatic carbocycles. The van der Waals surface area contributed by atoms with Gasteiger partial charge in [0.25, 0.3) is 11.9 Å². The minimum absolute atomic E-state index is 0.0395. The topological polar surface area (TPSA) is 87.8 Å². The van der Waals surface area contributed by atoms with Crippen molar-refractivity contribution in [2.45, 2.75) is 38.8 Å². The number of halogens is 1. The fraction of sp³-hybridized carbons (Fsp3) is 0.417. The van der Waals surface area contributed by atoms with Crippen LogP contribution in [0, 0.1) is 5.92 Å². The molecule has 2 heterocycles. The van der Waals surface area contributed by atoms with Crippen LogP contribution in [0.3, 0.4) is 0 Å². The molecule has 0 radical (unpaired) electrons. The van der Waals surface area contributed by atoms with Gasteiger partial charge in [-0.1, -0.05) is 30.7 Å². The number of aliphatic hydroxyl groups is 1. The van der Waals surface area contributed by atoms with Crippen LogP contribution in [-0.2, 0) is 6.54 Å². The number of aromatic nitrogens is 1. The first kappa shape index (κ1) is 22.4. The van der Waals surface area contributed by atoms with E-state index < -0.39 is 0 Å². The summed E-state index contributed by atoms with van der Waals surface area (Å²) < 4.78 is 11.4. The molecule has 7 nitrogen and oxygen atoms in total. The lowest BCUT2D eigenvalue weighted by molar-refractivity contribution is 0.0501. The van der Waals surface area contributed by atoms with E-state index in [0.717, 1.165) is 18.4 Å². The first-order valence-corrected chi connectivity index (χ1v) is 11.2. The molecular weight excluding hydrogens is 430 g/mol. The number of amides is 1. The zero-order valence-electron chi connectivity index (χ0n) is 18.3. The van der Waals surface area contributed by atoms with E-state index in [1.807, 2.05) is 29.2 Å². The molecule has 1 aromatic heterocycles. The summed E-state index contributed by atoms with van der Waals surface area (Å²) in [6.07, 6.45) is 2.54. The number of anilines is 1. The number of likely N-dealkylation sites (tertiary alicyclic amines) is 1. The number of hydrogen-bond donors (Lipinski definition) is 2. The number of carbonyl (C=O) groups is 1. The molecule has 0 bridgehead atoms. The van der Waals surface area contributed by atoms with Crippen molar-refractivity contribution < 1.29 is 19.1 Å². The average molecular weight is 458 g/mol. The maximum atomic E-state index is 13.4. The molecule has 3 aromatic rings. The SMILES string of the molecule is COc1cc(C(=O)N2CC(C)CCC2CCO)cc2nc(NCc3cccc(Cl)c3)oc12. The van der Waals surface area contributed by atoms with Crippen molar-refractivity contribution in [3.63, 3.8) is 0 Å². The van der Waals surface area contributed by atoms with Gasteiger partial charge in [-0.05, 0) is 55.0 Å². The Balaban J connectivity index is 1.59. The Morgan fingerprint density at radius 2 is 2.19 bits per heavy atom. The first-order chi connectivity index (χ1) is 15.5. The number of fused-ring (bicyclic) bond motifs is 1. The molecule has 2 atom stereocenters. The predicted octanol–water partition coefficient (Wildman–Crippen LogP) is 4.73. The molecule has 170 valence electrons. The zero-order chi connectivity index (χ0) is 22.7. The summed E-state index contributed by atoms with van der Waals surface area (Å²) in [6.45, 7) is 3.38. The number of aliphatic hydroxyl groups excluding tert-OH is 1. The Kier molecular flexibility index (Phi) is 6.86. The lowest BCUT2D eigenvalue weighted by Crippen LogP contribution is -2.46. The normalized spacial score (nSPS) is 18.7. The highest BCUT2D eigenvalue weighted by molar-refractivity contribution is 6.30. The monoisotopic (exact) mass is 457 g/mol. The van der Waals surface area contributed by atoms with Crippen LogP contribution in [0.4, 0.5) is 6.01 Å². The molecular formula is C24H28ClN3O4. The van der Waals surface area contributed by atoms with Gasteiger partial charge in [-0.3, -0.25) is 4.79 Å². The second-order valence-corrected chi connectivity index (χ2v) is 8.77. The summed E-state index contributed by atoms with van der Waals surface area (Å²) in [4.78, 5) is 19.8. The van der Waals surface area contributed by atoms with Gasteiger partial charge in [0, 0.05) is 36.3 Å². The second kappa shape index (κ2) is 9.79. The number of oxazole rings is 1. The number of methoxy groups -OCH3 is 1. The number of nitrogens with one attached hydrogen (secondary N) is 1. The van der Waals surface area contributed by atoms with Crippen LogP contribution in [0.2, 0.25) is 5.02 Å². The minimum Gasteiger partial charge on any atom is -0.493 e. The molecule has 0 spiro atoms. The van der Waals surface area contributed by atoms with Gasteiger partial charge in [0.1, 0.15) is 5.52 Å². The van der Waals surface area contributed by atoms with Crippen LogP contribution in [-0.4, -0.2) is 47.2 Å². The van der Waals surface area contributed by atoms with Crippen molar-refractivity contribution >= 4 is 34.6 Å². The van der Waals surface area contributed by atoms with Crippen molar-refractivity contribution in [1.29, 1.82) is 0 Å². The number of carbonyl (C=O) groups excluding carboxylic acids is 1. The van der Waals surface area contributed by atoms with Crippen molar-refractivity contribution in [3.8, 4) is 5.75 Å². The van der Waals surface area contributed by atoms with Gasteiger partial charge in [-0.15, -0.1) is 0 Å². The lowest BCUT2D eigenvalue weighted by Gasteiger charge is -2.38. The van der Waals surface area contributed by atoms with E-state index in [2.05, 4.69) is 17.2 Å². The fourth-order valence-corrected chi connectivity index (χ4v) is 4.46. The highest BCUT2D eigenvalue weighted by Crippen LogP contribution is 2.32. The van der Waals surface area contributed by atoms with E-state index in [1.54, 1.807) is 19.2 Å². The fourth-order valence-electron chi connectivity index (χ4n) is 4.25. The maximum Gasteiger partial charge on any atom is 0.296 e. The molecule has 1 fully saturated rings. The van der Waals surface area contributed by atoms with Crippen LogP contribution >= 0.6 is 11.6 Å². The number of hydrogen-bond acceptors (Lipinski definition) is 6. The van der Waals surface area contributed by atoms with Gasteiger partial charge < -0.3 is 24.5 Å². The molecule has 0 aliphatic carbocycles. The Morgan fingerprint density at radius 3 is 2.94 bits per heavy atom. The van der Waals surface area contributed by atoms with E-state index in [9.17, 15) is 9.90 Å². The summed E-state index contributed by atoms with van der Waals surface area (Å²) in [5.74, 6) is 0.804. The number of rotatable bonds is 7. The number of ether oxygens (including phenoxy) is 1. The molecule has 4 rings (SSSR count). The average Bonchev–Trinajstić information content (AvgIpc) is 3.21. The highest BCUT2D eigenvalue weighted by atomic mass is 35.5. The summed E-state index contributed by atoms with van der Waals surface area (Å²) in [5.41, 5.74) is 2.53. The Morgan fingerprint density at radius 1 is 1.34 bits per heavy atom. The summed E-state index contributed by atoms with van der Waals surface area (Å²) in [5, 5.41) is 13.3. The summed E-state index contributed by atoms with van der Waals surface area (Å²) >= 11 is 6.05. The van der Waals surface area contributed by atoms with E-state index >= 15 is 0 Å². The first-order valence-electron chi connectivity index (χ1n) is 10.9. The van der Waals surface area contributed by atoms with Crippen molar-refractivity contribution in [2.75, 3.05) is 25.6 Å². The van der Waals surface area contributed by atoms with Crippen molar-refractivity contribution in [2.24, 2.45) is 5.92 Å². The van der Waals surface area contributed by atoms with Crippen LogP contribution in [0.1, 0.15) is 42.1 Å². The van der Waals surface area contributed by atoms with Crippen LogP contribution in [0.15, 0.2) is 40.8 Å². The Hall–Kier alpha value is -2.77. The Labute approximate surface area is 192 Å². The molecule has 8 heteroatoms. The molecule has 1 saturated heterocycles. The summed E-state index contributed by atoms with van der Waals surface area (Å²) in [7, 11) is 1.54. The van der Waals surface area contributed by atoms with Crippen LogP contribution in [0.25, 0.3) is 11.1 Å². The van der Waals surface area contributed by atoms with Gasteiger partial charge in [-0.2, -0.15) is 4.98 Å². The third-order valence-corrected chi connectivity index (χ3v) is 6.16. The molecule has 0 saturated carbocycles. The number of nitrogens with zero attached hydrogens (tertiary/aromatic N) is 2. The smallest absolute Gasteiger partial charge is 0.296 e. The van der Waals surface area contributed by atoms with Gasteiger partial charge in [0.05, 0.1) is 7.11 Å². The van der Waals surface area contributed by atoms with E-state index in [-0.39, 0.29) is 18.6 Å². The van der Waals surface area contributed by atoms with Gasteiger partial charge in [0.2, 0.25) is 0 Å². The lowest BCUT2D eigenvalue weighted by atomic mass is 9.92. The van der Waals surface area contributed by atoms with Crippen molar-refractivity contribution in [3.05, 3.63) is 52.5 Å². The minimum atomic E-state index is -0.0772. The van der Waals surface area contributed by atoms with E-state index in [4.69, 9.17) is 20.8 Å². The maximum absolute atomic E-state index is 13.4. The van der Waals surface area contributed by atoms with E-state index in [1.165, 1.54) is 0 Å². The largest absolute Gasteiger partial charge is 0.493 e. The third-order valence-electron chi connectivity index (χ3n) is 5.92. The van der Waals surface area contributed by atoms with Gasteiger partial charge in [0.15, 0.2) is 11.3 Å². The zero-order valence-corrected chi connectivity index (χ0v) is 19.1. The third kappa shape index (κ3) is 4.84. The highest BCUT2D eigenvalue weighted by Gasteiger charge is 2.31. The van der Waals surface area contributed by atoms with Gasteiger partial charge in [-0.25, -0.2) is 0 Å². The quantitative estimate of drug-likeness (QED) is 0.533. The van der Waals surface area contributed by atoms with Crippen LogP contribution in [0.5, 0.6) is 5.75 Å². The molecule has 2 N–H and O–H groups in total. The molecule has 1 amide bonds. The van der Waals surface area contributed by atoms with E-state index in [0.29, 0.717) is 58.9 Å². The predicted molar refractivity (Wildman–Crippen MR) is 124 cm³/mol. The molecule has 32 heavy (non-hydrogen) atoms. The van der Waals surface area contributed by atoms with Crippen molar-refractivity contribution in [1.82, 2.24) is 9.88 Å². The molecule has 2 unspecified atom stereocenters. The number of piperidine rings is 1. The Bertz CT molecular complexity index is 1100. The molecule has 1 aliphatic heterocycles. The molecule has 1 aliphatic rings. The second-order valence-electron chi connectivity index (χ2n) is 8.34. The van der Waals surface area contributed by atoms with Crippen LogP contribution < -0.4 is 10.1 Å². The summed E-state index contributed by atoms with van der Waals surface area (Å²) in [6, 6.07) is 11.4. The standard InChI is InChI=1S/C24H28ClN3O4/c1-15-6-7-19(8-9-29)28(14-15)23(30)17-11-20-22(21(12-17)31-2)32-24(27-20)26-13-16-4-3-5-18(25)10-16/h3-5,10-12,15,19,29H,6-9,13-14H2,1-2H3,(H,26,27). The number of benzene rings is 2.